The highest BCUT2D eigenvalue weighted by molar-refractivity contribution is 6.08. The van der Waals surface area contributed by atoms with Crippen molar-refractivity contribution in [2.45, 2.75) is 6.54 Å². The smallest absolute Gasteiger partial charge is 0.337 e. The number of aromatic nitrogens is 2. The van der Waals surface area contributed by atoms with Crippen molar-refractivity contribution in [3.05, 3.63) is 102 Å². The predicted molar refractivity (Wildman–Crippen MR) is 125 cm³/mol. The Hall–Kier alpha value is -4.39. The highest BCUT2D eigenvalue weighted by atomic mass is 16.5. The second-order valence-corrected chi connectivity index (χ2v) is 7.33. The van der Waals surface area contributed by atoms with Gasteiger partial charge < -0.3 is 14.8 Å². The van der Waals surface area contributed by atoms with Gasteiger partial charge in [-0.25, -0.2) is 4.79 Å². The average molecular weight is 441 g/mol. The van der Waals surface area contributed by atoms with Crippen LogP contribution in [0.1, 0.15) is 26.3 Å². The summed E-state index contributed by atoms with van der Waals surface area (Å²) in [5.74, 6) is -0.0871. The Balaban J connectivity index is 1.67. The van der Waals surface area contributed by atoms with E-state index in [1.165, 1.54) is 7.11 Å². The minimum Gasteiger partial charge on any atom is -0.497 e. The number of amides is 1. The van der Waals surface area contributed by atoms with Crippen LogP contribution < -0.4 is 10.1 Å². The number of nitrogens with zero attached hydrogens (tertiary/aromatic N) is 2. The van der Waals surface area contributed by atoms with E-state index in [1.807, 2.05) is 54.6 Å². The van der Waals surface area contributed by atoms with E-state index < -0.39 is 5.97 Å². The summed E-state index contributed by atoms with van der Waals surface area (Å²) in [6.45, 7) is 0.523. The largest absolute Gasteiger partial charge is 0.497 e. The Morgan fingerprint density at radius 1 is 0.939 bits per heavy atom. The Morgan fingerprint density at radius 2 is 1.70 bits per heavy atom. The zero-order valence-corrected chi connectivity index (χ0v) is 18.3. The van der Waals surface area contributed by atoms with Crippen molar-refractivity contribution in [1.29, 1.82) is 0 Å². The predicted octanol–water partition coefficient (Wildman–Crippen LogP) is 4.65. The summed E-state index contributed by atoms with van der Waals surface area (Å²) in [4.78, 5) is 25.1. The molecule has 166 valence electrons. The van der Waals surface area contributed by atoms with Gasteiger partial charge in [0, 0.05) is 17.4 Å². The Morgan fingerprint density at radius 3 is 2.39 bits per heavy atom. The molecular formula is C26H23N3O4. The molecule has 0 aliphatic carbocycles. The number of nitrogens with one attached hydrogen (secondary N) is 1. The lowest BCUT2D eigenvalue weighted by atomic mass is 10.1. The van der Waals surface area contributed by atoms with Crippen molar-refractivity contribution in [3.8, 4) is 17.0 Å². The zero-order chi connectivity index (χ0) is 23.2. The van der Waals surface area contributed by atoms with Crippen LogP contribution in [0.4, 0.5) is 5.69 Å². The third kappa shape index (κ3) is 5.10. The molecule has 0 unspecified atom stereocenters. The van der Waals surface area contributed by atoms with Crippen LogP contribution in [-0.4, -0.2) is 35.9 Å². The number of carbonyl (C=O) groups excluding carboxylic acids is 2. The van der Waals surface area contributed by atoms with E-state index in [0.29, 0.717) is 34.8 Å². The van der Waals surface area contributed by atoms with Crippen LogP contribution in [0.3, 0.4) is 0 Å². The zero-order valence-electron chi connectivity index (χ0n) is 18.3. The first-order valence-corrected chi connectivity index (χ1v) is 10.3. The van der Waals surface area contributed by atoms with Gasteiger partial charge in [-0.3, -0.25) is 9.48 Å². The van der Waals surface area contributed by atoms with Gasteiger partial charge in [-0.15, -0.1) is 0 Å². The molecule has 0 bridgehead atoms. The van der Waals surface area contributed by atoms with Crippen LogP contribution >= 0.6 is 0 Å². The van der Waals surface area contributed by atoms with Gasteiger partial charge in [0.05, 0.1) is 31.9 Å². The number of hydrogen-bond acceptors (Lipinski definition) is 5. The van der Waals surface area contributed by atoms with Crippen molar-refractivity contribution in [2.75, 3.05) is 19.5 Å². The fraction of sp³-hybridized carbons (Fsp3) is 0.115. The fourth-order valence-corrected chi connectivity index (χ4v) is 3.44. The van der Waals surface area contributed by atoms with Crippen LogP contribution in [0.25, 0.3) is 11.3 Å². The van der Waals surface area contributed by atoms with Gasteiger partial charge in [0.25, 0.3) is 5.91 Å². The van der Waals surface area contributed by atoms with Gasteiger partial charge in [0.2, 0.25) is 0 Å². The van der Waals surface area contributed by atoms with Crippen LogP contribution in [0.5, 0.6) is 5.75 Å². The number of benzene rings is 3. The molecule has 3 aromatic carbocycles. The van der Waals surface area contributed by atoms with Gasteiger partial charge in [-0.2, -0.15) is 5.10 Å². The molecule has 4 aromatic rings. The van der Waals surface area contributed by atoms with Crippen LogP contribution in [-0.2, 0) is 11.3 Å². The molecule has 1 heterocycles. The van der Waals surface area contributed by atoms with E-state index >= 15 is 0 Å². The molecule has 7 heteroatoms. The molecule has 1 aromatic heterocycles. The first kappa shape index (κ1) is 21.8. The number of carbonyl (C=O) groups is 2. The highest BCUT2D eigenvalue weighted by Crippen LogP contribution is 2.26. The Bertz CT molecular complexity index is 1260. The monoisotopic (exact) mass is 441 g/mol. The van der Waals surface area contributed by atoms with E-state index in [-0.39, 0.29) is 5.91 Å². The van der Waals surface area contributed by atoms with Gasteiger partial charge >= 0.3 is 5.97 Å². The minimum absolute atomic E-state index is 0.331. The molecule has 0 fully saturated rings. The Labute approximate surface area is 191 Å². The van der Waals surface area contributed by atoms with E-state index in [2.05, 4.69) is 5.32 Å². The number of rotatable bonds is 7. The van der Waals surface area contributed by atoms with Crippen LogP contribution in [0.2, 0.25) is 0 Å². The number of esters is 1. The highest BCUT2D eigenvalue weighted by Gasteiger charge is 2.19. The maximum Gasteiger partial charge on any atom is 0.337 e. The summed E-state index contributed by atoms with van der Waals surface area (Å²) in [6, 6.07) is 23.9. The molecule has 4 rings (SSSR count). The molecule has 0 aliphatic rings. The molecule has 1 N–H and O–H groups in total. The molecule has 0 spiro atoms. The van der Waals surface area contributed by atoms with E-state index in [9.17, 15) is 9.59 Å². The molecule has 33 heavy (non-hydrogen) atoms. The third-order valence-corrected chi connectivity index (χ3v) is 5.10. The molecule has 0 saturated heterocycles. The Kier molecular flexibility index (Phi) is 6.50. The maximum atomic E-state index is 13.2. The second-order valence-electron chi connectivity index (χ2n) is 7.33. The molecule has 0 aliphatic heterocycles. The van der Waals surface area contributed by atoms with Crippen LogP contribution in [0, 0.1) is 0 Å². The number of anilines is 1. The van der Waals surface area contributed by atoms with Gasteiger partial charge in [0.15, 0.2) is 0 Å². The van der Waals surface area contributed by atoms with Gasteiger partial charge in [0.1, 0.15) is 11.4 Å². The SMILES string of the molecule is COC(=O)c1cccc(NC(=O)c2cn(Cc3ccccc3)nc2-c2ccc(OC)cc2)c1. The third-order valence-electron chi connectivity index (χ3n) is 5.10. The van der Waals surface area contributed by atoms with Crippen molar-refractivity contribution in [1.82, 2.24) is 9.78 Å². The lowest BCUT2D eigenvalue weighted by molar-refractivity contribution is 0.0600. The molecule has 1 amide bonds. The van der Waals surface area contributed by atoms with Crippen molar-refractivity contribution in [3.63, 3.8) is 0 Å². The average Bonchev–Trinajstić information content (AvgIpc) is 3.28. The first-order chi connectivity index (χ1) is 16.1. The molecule has 0 atom stereocenters. The van der Waals surface area contributed by atoms with Crippen molar-refractivity contribution >= 4 is 17.6 Å². The van der Waals surface area contributed by atoms with Gasteiger partial charge in [-0.1, -0.05) is 36.4 Å². The van der Waals surface area contributed by atoms with E-state index in [0.717, 1.165) is 11.1 Å². The minimum atomic E-state index is -0.472. The van der Waals surface area contributed by atoms with Gasteiger partial charge in [-0.05, 0) is 48.0 Å². The van der Waals surface area contributed by atoms with E-state index in [1.54, 1.807) is 42.3 Å². The molecule has 0 saturated carbocycles. The molecule has 7 nitrogen and oxygen atoms in total. The molecular weight excluding hydrogens is 418 g/mol. The summed E-state index contributed by atoms with van der Waals surface area (Å²) in [5, 5.41) is 7.56. The summed E-state index contributed by atoms with van der Waals surface area (Å²) in [7, 11) is 2.92. The lowest BCUT2D eigenvalue weighted by Gasteiger charge is -2.07. The summed E-state index contributed by atoms with van der Waals surface area (Å²) in [6.07, 6.45) is 1.73. The molecule has 0 radical (unpaired) electrons. The first-order valence-electron chi connectivity index (χ1n) is 10.3. The number of hydrogen-bond donors (Lipinski definition) is 1. The summed E-state index contributed by atoms with van der Waals surface area (Å²) in [5.41, 5.74) is 3.66. The quantitative estimate of drug-likeness (QED) is 0.422. The number of methoxy groups -OCH3 is 2. The topological polar surface area (TPSA) is 82.5 Å². The summed E-state index contributed by atoms with van der Waals surface area (Å²) >= 11 is 0. The van der Waals surface area contributed by atoms with E-state index in [4.69, 9.17) is 14.6 Å². The second kappa shape index (κ2) is 9.82. The lowest BCUT2D eigenvalue weighted by Crippen LogP contribution is -2.13. The standard InChI is InChI=1S/C26H23N3O4/c1-32-22-13-11-19(12-14-22)24-23(17-29(28-24)16-18-7-4-3-5-8-18)25(30)27-21-10-6-9-20(15-21)26(31)33-2/h3-15,17H,16H2,1-2H3,(H,27,30). The van der Waals surface area contributed by atoms with Crippen molar-refractivity contribution in [2.24, 2.45) is 0 Å². The maximum absolute atomic E-state index is 13.2. The fourth-order valence-electron chi connectivity index (χ4n) is 3.44. The normalized spacial score (nSPS) is 10.5. The number of ether oxygens (including phenoxy) is 2. The summed E-state index contributed by atoms with van der Waals surface area (Å²) < 4.78 is 11.7. The van der Waals surface area contributed by atoms with Crippen molar-refractivity contribution < 1.29 is 19.1 Å². The van der Waals surface area contributed by atoms with Crippen LogP contribution in [0.15, 0.2) is 85.1 Å².